The first-order valence-corrected chi connectivity index (χ1v) is 9.06. The lowest BCUT2D eigenvalue weighted by atomic mass is 9.91. The highest BCUT2D eigenvalue weighted by molar-refractivity contribution is 7.99. The monoisotopic (exact) mass is 318 g/mol. The predicted molar refractivity (Wildman–Crippen MR) is 87.6 cm³/mol. The summed E-state index contributed by atoms with van der Waals surface area (Å²) in [5, 5.41) is 7.50. The van der Waals surface area contributed by atoms with Crippen molar-refractivity contribution in [3.05, 3.63) is 0 Å². The summed E-state index contributed by atoms with van der Waals surface area (Å²) in [6.07, 6.45) is 10.7. The zero-order valence-corrected chi connectivity index (χ0v) is 14.0. The number of carbonyl (C=O) groups excluding carboxylic acids is 1. The van der Waals surface area contributed by atoms with E-state index in [2.05, 4.69) is 16.9 Å². The third-order valence-electron chi connectivity index (χ3n) is 5.41. The van der Waals surface area contributed by atoms with Crippen LogP contribution in [0.3, 0.4) is 0 Å². The van der Waals surface area contributed by atoms with Crippen LogP contribution in [-0.4, -0.2) is 36.5 Å². The Hall–Kier alpha value is 0.0700. The number of carbonyl (C=O) groups is 1. The Bertz CT molecular complexity index is 347. The van der Waals surface area contributed by atoms with Crippen molar-refractivity contribution >= 4 is 30.1 Å². The molecule has 3 rings (SSSR count). The van der Waals surface area contributed by atoms with Crippen molar-refractivity contribution in [1.29, 1.82) is 0 Å². The van der Waals surface area contributed by atoms with Crippen molar-refractivity contribution in [2.45, 2.75) is 56.2 Å². The van der Waals surface area contributed by atoms with Gasteiger partial charge >= 0.3 is 0 Å². The summed E-state index contributed by atoms with van der Waals surface area (Å²) in [6.45, 7) is 2.20. The number of thioether (sulfide) groups is 1. The first-order valence-electron chi connectivity index (χ1n) is 7.77. The summed E-state index contributed by atoms with van der Waals surface area (Å²) in [7, 11) is 0. The van der Waals surface area contributed by atoms with Crippen molar-refractivity contribution in [2.75, 3.05) is 19.3 Å². The SMILES string of the molecule is CSC1CCCC(NC(=O)C2CC23CCNCC3)C1.Cl. The number of halogens is 1. The zero-order valence-electron chi connectivity index (χ0n) is 12.3. The first kappa shape index (κ1) is 16.4. The Morgan fingerprint density at radius 3 is 2.75 bits per heavy atom. The molecule has 3 unspecified atom stereocenters. The molecular weight excluding hydrogens is 292 g/mol. The van der Waals surface area contributed by atoms with Gasteiger partial charge in [0.05, 0.1) is 0 Å². The highest BCUT2D eigenvalue weighted by Crippen LogP contribution is 2.58. The molecule has 0 aromatic carbocycles. The predicted octanol–water partition coefficient (Wildman–Crippen LogP) is 2.59. The fraction of sp³-hybridized carbons (Fsp3) is 0.933. The summed E-state index contributed by atoms with van der Waals surface area (Å²) in [5.41, 5.74) is 0.378. The molecule has 0 aromatic heterocycles. The van der Waals surface area contributed by atoms with E-state index in [1.54, 1.807) is 0 Å². The van der Waals surface area contributed by atoms with Gasteiger partial charge in [-0.3, -0.25) is 4.79 Å². The first-order chi connectivity index (χ1) is 9.23. The average molecular weight is 319 g/mol. The molecule has 2 aliphatic carbocycles. The second-order valence-electron chi connectivity index (χ2n) is 6.60. The van der Waals surface area contributed by atoms with E-state index >= 15 is 0 Å². The number of hydrogen-bond acceptors (Lipinski definition) is 3. The summed E-state index contributed by atoms with van der Waals surface area (Å²) in [6, 6.07) is 0.443. The molecule has 1 amide bonds. The van der Waals surface area contributed by atoms with Crippen LogP contribution in [0.4, 0.5) is 0 Å². The van der Waals surface area contributed by atoms with Gasteiger partial charge in [0.2, 0.25) is 5.91 Å². The van der Waals surface area contributed by atoms with Gasteiger partial charge in [-0.05, 0) is 63.3 Å². The van der Waals surface area contributed by atoms with Crippen LogP contribution in [0.15, 0.2) is 0 Å². The summed E-state index contributed by atoms with van der Waals surface area (Å²) < 4.78 is 0. The minimum Gasteiger partial charge on any atom is -0.353 e. The van der Waals surface area contributed by atoms with Gasteiger partial charge in [0.15, 0.2) is 0 Å². The van der Waals surface area contributed by atoms with Gasteiger partial charge < -0.3 is 10.6 Å². The Morgan fingerprint density at radius 1 is 1.30 bits per heavy atom. The Morgan fingerprint density at radius 2 is 2.05 bits per heavy atom. The standard InChI is InChI=1S/C15H26N2OS.ClH/c1-19-12-4-2-3-11(9-12)17-14(18)13-10-15(13)5-7-16-8-6-15;/h11-13,16H,2-10H2,1H3,(H,17,18);1H. The van der Waals surface area contributed by atoms with Crippen molar-refractivity contribution in [3.63, 3.8) is 0 Å². The van der Waals surface area contributed by atoms with Crippen LogP contribution in [0.1, 0.15) is 44.9 Å². The molecule has 1 saturated heterocycles. The molecule has 2 saturated carbocycles. The number of rotatable bonds is 3. The van der Waals surface area contributed by atoms with Gasteiger partial charge in [-0.1, -0.05) is 6.42 Å². The zero-order chi connectivity index (χ0) is 13.3. The van der Waals surface area contributed by atoms with E-state index in [9.17, 15) is 4.79 Å². The molecule has 0 bridgehead atoms. The van der Waals surface area contributed by atoms with Crippen LogP contribution < -0.4 is 10.6 Å². The third kappa shape index (κ3) is 3.45. The Balaban J connectivity index is 0.00000147. The molecule has 116 valence electrons. The Labute approximate surface area is 132 Å². The molecular formula is C15H27ClN2OS. The van der Waals surface area contributed by atoms with E-state index in [0.29, 0.717) is 23.3 Å². The maximum absolute atomic E-state index is 12.4. The molecule has 0 radical (unpaired) electrons. The maximum Gasteiger partial charge on any atom is 0.223 e. The quantitative estimate of drug-likeness (QED) is 0.840. The van der Waals surface area contributed by atoms with E-state index in [1.165, 1.54) is 38.5 Å². The highest BCUT2D eigenvalue weighted by Gasteiger charge is 2.57. The molecule has 3 aliphatic rings. The lowest BCUT2D eigenvalue weighted by Gasteiger charge is -2.29. The summed E-state index contributed by atoms with van der Waals surface area (Å²) in [5.74, 6) is 0.679. The number of amides is 1. The Kier molecular flexibility index (Phi) is 5.66. The van der Waals surface area contributed by atoms with Crippen LogP contribution in [0.5, 0.6) is 0 Å². The fourth-order valence-corrected chi connectivity index (χ4v) is 4.81. The van der Waals surface area contributed by atoms with Crippen molar-refractivity contribution in [2.24, 2.45) is 11.3 Å². The lowest BCUT2D eigenvalue weighted by Crippen LogP contribution is -2.41. The van der Waals surface area contributed by atoms with E-state index in [1.807, 2.05) is 11.8 Å². The van der Waals surface area contributed by atoms with E-state index < -0.39 is 0 Å². The fourth-order valence-electron chi connectivity index (χ4n) is 3.99. The minimum atomic E-state index is 0. The van der Waals surface area contributed by atoms with Gasteiger partial charge in [-0.25, -0.2) is 0 Å². The third-order valence-corrected chi connectivity index (χ3v) is 6.51. The molecule has 1 heterocycles. The largest absolute Gasteiger partial charge is 0.353 e. The molecule has 0 aromatic rings. The van der Waals surface area contributed by atoms with E-state index in [4.69, 9.17) is 0 Å². The van der Waals surface area contributed by atoms with Crippen LogP contribution in [0.2, 0.25) is 0 Å². The summed E-state index contributed by atoms with van der Waals surface area (Å²) in [4.78, 5) is 12.4. The van der Waals surface area contributed by atoms with Crippen LogP contribution in [0.25, 0.3) is 0 Å². The number of nitrogens with one attached hydrogen (secondary N) is 2. The second-order valence-corrected chi connectivity index (χ2v) is 7.74. The smallest absolute Gasteiger partial charge is 0.223 e. The van der Waals surface area contributed by atoms with E-state index in [0.717, 1.165) is 24.8 Å². The van der Waals surface area contributed by atoms with Gasteiger partial charge in [-0.15, -0.1) is 12.4 Å². The van der Waals surface area contributed by atoms with Crippen molar-refractivity contribution < 1.29 is 4.79 Å². The van der Waals surface area contributed by atoms with Gasteiger partial charge in [0.25, 0.3) is 0 Å². The molecule has 2 N–H and O–H groups in total. The lowest BCUT2D eigenvalue weighted by molar-refractivity contribution is -0.124. The second kappa shape index (κ2) is 6.89. The van der Waals surface area contributed by atoms with Gasteiger partial charge in [0, 0.05) is 17.2 Å². The molecule has 1 spiro atoms. The molecule has 3 atom stereocenters. The van der Waals surface area contributed by atoms with Gasteiger partial charge in [-0.2, -0.15) is 11.8 Å². The molecule has 5 heteroatoms. The van der Waals surface area contributed by atoms with Crippen LogP contribution in [0, 0.1) is 11.3 Å². The van der Waals surface area contributed by atoms with E-state index in [-0.39, 0.29) is 12.4 Å². The minimum absolute atomic E-state index is 0. The van der Waals surface area contributed by atoms with Crippen LogP contribution >= 0.6 is 24.2 Å². The van der Waals surface area contributed by atoms with Crippen LogP contribution in [-0.2, 0) is 4.79 Å². The number of piperidine rings is 1. The average Bonchev–Trinajstić information content (AvgIpc) is 3.13. The molecule has 3 nitrogen and oxygen atoms in total. The number of hydrogen-bond donors (Lipinski definition) is 2. The van der Waals surface area contributed by atoms with Crippen molar-refractivity contribution in [1.82, 2.24) is 10.6 Å². The normalized spacial score (nSPS) is 35.1. The van der Waals surface area contributed by atoms with Crippen molar-refractivity contribution in [3.8, 4) is 0 Å². The topological polar surface area (TPSA) is 41.1 Å². The maximum atomic E-state index is 12.4. The highest BCUT2D eigenvalue weighted by atomic mass is 35.5. The molecule has 1 aliphatic heterocycles. The molecule has 3 fully saturated rings. The molecule has 20 heavy (non-hydrogen) atoms. The van der Waals surface area contributed by atoms with Gasteiger partial charge in [0.1, 0.15) is 0 Å². The summed E-state index contributed by atoms with van der Waals surface area (Å²) >= 11 is 1.96.